The summed E-state index contributed by atoms with van der Waals surface area (Å²) in [5.41, 5.74) is 0. The van der Waals surface area contributed by atoms with Crippen molar-refractivity contribution in [1.29, 1.82) is 0 Å². The minimum absolute atomic E-state index is 0.174. The molecular formula is C23H40O3. The molecule has 0 aromatic rings. The Morgan fingerprint density at radius 1 is 0.692 bits per heavy atom. The van der Waals surface area contributed by atoms with Crippen LogP contribution in [0, 0.1) is 23.7 Å². The Balaban J connectivity index is 1.17. The van der Waals surface area contributed by atoms with Gasteiger partial charge in [0, 0.05) is 19.4 Å². The molecule has 4 aliphatic rings. The second kappa shape index (κ2) is 8.92. The topological polar surface area (TPSA) is 27.7 Å². The Morgan fingerprint density at radius 3 is 1.65 bits per heavy atom. The number of rotatable bonds is 5. The predicted octanol–water partition coefficient (Wildman–Crippen LogP) is 5.71. The van der Waals surface area contributed by atoms with Gasteiger partial charge in [-0.05, 0) is 94.3 Å². The van der Waals surface area contributed by atoms with Gasteiger partial charge in [0.05, 0.1) is 19.3 Å². The van der Waals surface area contributed by atoms with Crippen molar-refractivity contribution >= 4 is 0 Å². The second-order valence-corrected chi connectivity index (χ2v) is 9.53. The van der Waals surface area contributed by atoms with Crippen molar-refractivity contribution in [2.75, 3.05) is 19.8 Å². The lowest BCUT2D eigenvalue weighted by Gasteiger charge is -2.42. The molecule has 0 atom stereocenters. The molecule has 150 valence electrons. The van der Waals surface area contributed by atoms with Crippen molar-refractivity contribution in [2.45, 2.75) is 102 Å². The van der Waals surface area contributed by atoms with Crippen LogP contribution in [0.5, 0.6) is 0 Å². The first-order chi connectivity index (χ1) is 12.8. The standard InChI is InChI=1S/C23H40O3/c1-2-15-24-22-9-7-20(8-10-22)18-3-5-19(6-4-18)21-11-13-23(14-12-21)25-16-17-26-23/h18-22H,2-17H2,1H3. The molecule has 4 rings (SSSR count). The van der Waals surface area contributed by atoms with Crippen molar-refractivity contribution in [3.63, 3.8) is 0 Å². The van der Waals surface area contributed by atoms with Crippen molar-refractivity contribution in [3.05, 3.63) is 0 Å². The third kappa shape index (κ3) is 4.47. The van der Waals surface area contributed by atoms with Crippen LogP contribution in [0.4, 0.5) is 0 Å². The molecule has 0 radical (unpaired) electrons. The van der Waals surface area contributed by atoms with Crippen LogP contribution < -0.4 is 0 Å². The van der Waals surface area contributed by atoms with E-state index in [0.717, 1.165) is 62.8 Å². The number of hydrogen-bond acceptors (Lipinski definition) is 3. The van der Waals surface area contributed by atoms with Gasteiger partial charge in [-0.1, -0.05) is 6.92 Å². The number of hydrogen-bond donors (Lipinski definition) is 0. The monoisotopic (exact) mass is 364 g/mol. The fraction of sp³-hybridized carbons (Fsp3) is 1.00. The molecule has 1 saturated heterocycles. The summed E-state index contributed by atoms with van der Waals surface area (Å²) < 4.78 is 17.8. The third-order valence-electron chi connectivity index (χ3n) is 8.03. The maximum atomic E-state index is 5.98. The molecule has 1 spiro atoms. The maximum absolute atomic E-state index is 5.98. The van der Waals surface area contributed by atoms with Gasteiger partial charge in [-0.25, -0.2) is 0 Å². The summed E-state index contributed by atoms with van der Waals surface area (Å²) >= 11 is 0. The largest absolute Gasteiger partial charge is 0.378 e. The van der Waals surface area contributed by atoms with Gasteiger partial charge in [0.25, 0.3) is 0 Å². The maximum Gasteiger partial charge on any atom is 0.168 e. The molecule has 0 amide bonds. The Hall–Kier alpha value is -0.120. The zero-order chi connectivity index (χ0) is 17.8. The molecule has 26 heavy (non-hydrogen) atoms. The fourth-order valence-electron chi connectivity index (χ4n) is 6.44. The first-order valence-corrected chi connectivity index (χ1v) is 11.7. The Labute approximate surface area is 160 Å². The zero-order valence-electron chi connectivity index (χ0n) is 16.9. The first-order valence-electron chi connectivity index (χ1n) is 11.7. The van der Waals surface area contributed by atoms with Gasteiger partial charge in [0.1, 0.15) is 0 Å². The summed E-state index contributed by atoms with van der Waals surface area (Å²) in [4.78, 5) is 0. The summed E-state index contributed by atoms with van der Waals surface area (Å²) in [5, 5.41) is 0. The summed E-state index contributed by atoms with van der Waals surface area (Å²) in [6, 6.07) is 0. The van der Waals surface area contributed by atoms with E-state index in [0.29, 0.717) is 6.10 Å². The van der Waals surface area contributed by atoms with Gasteiger partial charge >= 0.3 is 0 Å². The van der Waals surface area contributed by atoms with Crippen LogP contribution in [0.1, 0.15) is 90.4 Å². The molecule has 0 bridgehead atoms. The van der Waals surface area contributed by atoms with Crippen LogP contribution in [0.25, 0.3) is 0 Å². The van der Waals surface area contributed by atoms with E-state index in [1.54, 1.807) is 0 Å². The van der Waals surface area contributed by atoms with Crippen molar-refractivity contribution in [2.24, 2.45) is 23.7 Å². The Kier molecular flexibility index (Phi) is 6.59. The van der Waals surface area contributed by atoms with E-state index in [1.807, 2.05) is 0 Å². The third-order valence-corrected chi connectivity index (χ3v) is 8.03. The van der Waals surface area contributed by atoms with Crippen molar-refractivity contribution in [3.8, 4) is 0 Å². The summed E-state index contributed by atoms with van der Waals surface area (Å²) in [5.74, 6) is 3.75. The van der Waals surface area contributed by atoms with Gasteiger partial charge in [0.2, 0.25) is 0 Å². The summed E-state index contributed by atoms with van der Waals surface area (Å²) in [7, 11) is 0. The van der Waals surface area contributed by atoms with E-state index >= 15 is 0 Å². The first kappa shape index (κ1) is 19.2. The highest BCUT2D eigenvalue weighted by molar-refractivity contribution is 4.88. The van der Waals surface area contributed by atoms with Crippen LogP contribution >= 0.6 is 0 Å². The molecule has 3 nitrogen and oxygen atoms in total. The molecule has 3 aliphatic carbocycles. The molecule has 3 saturated carbocycles. The molecule has 3 heteroatoms. The van der Waals surface area contributed by atoms with Crippen LogP contribution in [0.2, 0.25) is 0 Å². The van der Waals surface area contributed by atoms with Gasteiger partial charge in [-0.3, -0.25) is 0 Å². The second-order valence-electron chi connectivity index (χ2n) is 9.53. The summed E-state index contributed by atoms with van der Waals surface area (Å²) in [6.45, 7) is 4.78. The minimum atomic E-state index is -0.174. The van der Waals surface area contributed by atoms with Gasteiger partial charge in [-0.2, -0.15) is 0 Å². The van der Waals surface area contributed by atoms with Gasteiger partial charge in [0.15, 0.2) is 5.79 Å². The van der Waals surface area contributed by atoms with E-state index in [1.165, 1.54) is 64.2 Å². The highest BCUT2D eigenvalue weighted by Gasteiger charge is 2.42. The normalized spacial score (nSPS) is 38.7. The highest BCUT2D eigenvalue weighted by Crippen LogP contribution is 2.47. The average Bonchev–Trinajstić information content (AvgIpc) is 3.15. The van der Waals surface area contributed by atoms with E-state index < -0.39 is 0 Å². The van der Waals surface area contributed by atoms with Crippen molar-refractivity contribution in [1.82, 2.24) is 0 Å². The molecule has 1 heterocycles. The smallest absolute Gasteiger partial charge is 0.168 e. The molecule has 0 aromatic carbocycles. The minimum Gasteiger partial charge on any atom is -0.378 e. The molecule has 0 aromatic heterocycles. The van der Waals surface area contributed by atoms with Crippen LogP contribution in [0.3, 0.4) is 0 Å². The predicted molar refractivity (Wildman–Crippen MR) is 104 cm³/mol. The van der Waals surface area contributed by atoms with E-state index in [4.69, 9.17) is 14.2 Å². The molecule has 1 aliphatic heterocycles. The zero-order valence-corrected chi connectivity index (χ0v) is 16.9. The molecule has 0 unspecified atom stereocenters. The van der Waals surface area contributed by atoms with Crippen LogP contribution in [0.15, 0.2) is 0 Å². The van der Waals surface area contributed by atoms with Gasteiger partial charge < -0.3 is 14.2 Å². The Morgan fingerprint density at radius 2 is 1.15 bits per heavy atom. The van der Waals surface area contributed by atoms with Gasteiger partial charge in [-0.15, -0.1) is 0 Å². The molecular weight excluding hydrogens is 324 g/mol. The lowest BCUT2D eigenvalue weighted by molar-refractivity contribution is -0.185. The quantitative estimate of drug-likeness (QED) is 0.625. The molecule has 4 fully saturated rings. The molecule has 0 N–H and O–H groups in total. The highest BCUT2D eigenvalue weighted by atomic mass is 16.7. The Bertz CT molecular complexity index is 405. The fourth-order valence-corrected chi connectivity index (χ4v) is 6.44. The SMILES string of the molecule is CCCOC1CCC(C2CCC(C3CCC4(CC3)OCCO4)CC2)CC1. The van der Waals surface area contributed by atoms with Crippen LogP contribution in [-0.2, 0) is 14.2 Å². The van der Waals surface area contributed by atoms with Crippen molar-refractivity contribution < 1.29 is 14.2 Å². The van der Waals surface area contributed by atoms with E-state index in [9.17, 15) is 0 Å². The lowest BCUT2D eigenvalue weighted by Crippen LogP contribution is -2.38. The summed E-state index contributed by atoms with van der Waals surface area (Å²) in [6.07, 6.45) is 18.1. The average molecular weight is 365 g/mol. The number of ether oxygens (including phenoxy) is 3. The van der Waals surface area contributed by atoms with Crippen LogP contribution in [-0.4, -0.2) is 31.7 Å². The van der Waals surface area contributed by atoms with E-state index in [2.05, 4.69) is 6.92 Å². The van der Waals surface area contributed by atoms with E-state index in [-0.39, 0.29) is 5.79 Å². The lowest BCUT2D eigenvalue weighted by atomic mass is 9.66.